The minimum atomic E-state index is -2.95. The maximum Gasteiger partial charge on any atom is 0.242 e. The highest BCUT2D eigenvalue weighted by atomic mass is 32.2. The summed E-state index contributed by atoms with van der Waals surface area (Å²) in [5, 5.41) is 0. The van der Waals surface area contributed by atoms with Crippen molar-refractivity contribution in [2.24, 2.45) is 0 Å². The molecule has 1 aromatic rings. The van der Waals surface area contributed by atoms with E-state index in [1.165, 1.54) is 13.4 Å². The van der Waals surface area contributed by atoms with E-state index in [2.05, 4.69) is 9.97 Å². The van der Waals surface area contributed by atoms with Crippen LogP contribution in [0.15, 0.2) is 6.33 Å². The predicted octanol–water partition coefficient (Wildman–Crippen LogP) is -0.308. The molecule has 8 heteroatoms. The van der Waals surface area contributed by atoms with Crippen molar-refractivity contribution in [3.8, 4) is 5.88 Å². The lowest BCUT2D eigenvalue weighted by Gasteiger charge is -2.22. The normalized spacial score (nSPS) is 19.3. The molecule has 0 unspecified atom stereocenters. The molecule has 1 aromatic heterocycles. The largest absolute Gasteiger partial charge is 0.479 e. The molecule has 100 valence electrons. The summed E-state index contributed by atoms with van der Waals surface area (Å²) in [6, 6.07) is 0. The van der Waals surface area contributed by atoms with Crippen LogP contribution < -0.4 is 15.4 Å². The van der Waals surface area contributed by atoms with E-state index in [1.54, 1.807) is 0 Å². The van der Waals surface area contributed by atoms with Crippen molar-refractivity contribution in [2.45, 2.75) is 6.42 Å². The Balaban J connectivity index is 2.26. The fourth-order valence-corrected chi connectivity index (χ4v) is 3.21. The third kappa shape index (κ3) is 2.63. The van der Waals surface area contributed by atoms with Gasteiger partial charge in [0, 0.05) is 13.1 Å². The first-order valence-corrected chi connectivity index (χ1v) is 7.45. The molecule has 0 aromatic carbocycles. The average Bonchev–Trinajstić information content (AvgIpc) is 2.51. The van der Waals surface area contributed by atoms with E-state index in [0.717, 1.165) is 0 Å². The quantitative estimate of drug-likeness (QED) is 0.788. The van der Waals surface area contributed by atoms with Crippen molar-refractivity contribution >= 4 is 21.3 Å². The van der Waals surface area contributed by atoms with Gasteiger partial charge in [-0.05, 0) is 6.42 Å². The Morgan fingerprint density at radius 1 is 1.33 bits per heavy atom. The van der Waals surface area contributed by atoms with Crippen LogP contribution in [0.4, 0.5) is 11.5 Å². The van der Waals surface area contributed by atoms with Gasteiger partial charge in [-0.1, -0.05) is 0 Å². The minimum absolute atomic E-state index is 0.124. The molecule has 1 fully saturated rings. The lowest BCUT2D eigenvalue weighted by atomic mass is 10.3. The summed E-state index contributed by atoms with van der Waals surface area (Å²) in [4.78, 5) is 9.88. The molecular weight excluding hydrogens is 256 g/mol. The standard InChI is InChI=1S/C10H16N4O3S/c1-17-10-8(11)9(12-7-13-10)14-3-2-5-18(15,16)6-4-14/h7H,2-6,11H2,1H3. The van der Waals surface area contributed by atoms with Crippen molar-refractivity contribution in [3.63, 3.8) is 0 Å². The van der Waals surface area contributed by atoms with Crippen molar-refractivity contribution in [3.05, 3.63) is 6.33 Å². The van der Waals surface area contributed by atoms with Crippen LogP contribution in [0.3, 0.4) is 0 Å². The number of nitrogen functional groups attached to an aromatic ring is 1. The van der Waals surface area contributed by atoms with E-state index in [1.807, 2.05) is 4.90 Å². The molecule has 0 atom stereocenters. The van der Waals surface area contributed by atoms with Gasteiger partial charge in [0.1, 0.15) is 12.0 Å². The molecule has 2 N–H and O–H groups in total. The number of nitrogens with zero attached hydrogens (tertiary/aromatic N) is 3. The van der Waals surface area contributed by atoms with Crippen LogP contribution >= 0.6 is 0 Å². The third-order valence-corrected chi connectivity index (χ3v) is 4.59. The van der Waals surface area contributed by atoms with Gasteiger partial charge < -0.3 is 15.4 Å². The second-order valence-electron chi connectivity index (χ2n) is 4.11. The summed E-state index contributed by atoms with van der Waals surface area (Å²) in [6.45, 7) is 1.01. The number of rotatable bonds is 2. The number of aromatic nitrogens is 2. The molecule has 0 saturated carbocycles. The van der Waals surface area contributed by atoms with E-state index in [0.29, 0.717) is 36.9 Å². The maximum atomic E-state index is 11.5. The van der Waals surface area contributed by atoms with E-state index in [-0.39, 0.29) is 11.5 Å². The van der Waals surface area contributed by atoms with Gasteiger partial charge in [0.15, 0.2) is 15.7 Å². The smallest absolute Gasteiger partial charge is 0.242 e. The molecule has 0 spiro atoms. The molecule has 0 radical (unpaired) electrons. The van der Waals surface area contributed by atoms with Gasteiger partial charge in [-0.25, -0.2) is 13.4 Å². The SMILES string of the molecule is COc1ncnc(N2CCCS(=O)(=O)CC2)c1N. The number of sulfone groups is 1. The lowest BCUT2D eigenvalue weighted by Crippen LogP contribution is -2.28. The monoisotopic (exact) mass is 272 g/mol. The Hall–Kier alpha value is -1.57. The summed E-state index contributed by atoms with van der Waals surface area (Å²) < 4.78 is 28.1. The Labute approximate surface area is 106 Å². The molecule has 1 aliphatic rings. The van der Waals surface area contributed by atoms with Gasteiger partial charge in [0.25, 0.3) is 0 Å². The Kier molecular flexibility index (Phi) is 3.55. The van der Waals surface area contributed by atoms with Crippen molar-refractivity contribution < 1.29 is 13.2 Å². The number of nitrogens with two attached hydrogens (primary N) is 1. The number of hydrogen-bond donors (Lipinski definition) is 1. The van der Waals surface area contributed by atoms with Gasteiger partial charge in [-0.3, -0.25) is 0 Å². The number of anilines is 2. The van der Waals surface area contributed by atoms with E-state index in [9.17, 15) is 8.42 Å². The van der Waals surface area contributed by atoms with Gasteiger partial charge in [0.05, 0.1) is 18.6 Å². The summed E-state index contributed by atoms with van der Waals surface area (Å²) in [6.07, 6.45) is 1.94. The van der Waals surface area contributed by atoms with Gasteiger partial charge >= 0.3 is 0 Å². The fraction of sp³-hybridized carbons (Fsp3) is 0.600. The zero-order chi connectivity index (χ0) is 13.2. The highest BCUT2D eigenvalue weighted by Crippen LogP contribution is 2.28. The first-order valence-electron chi connectivity index (χ1n) is 5.63. The molecule has 1 saturated heterocycles. The summed E-state index contributed by atoms with van der Waals surface area (Å²) in [5.74, 6) is 1.19. The molecule has 2 heterocycles. The summed E-state index contributed by atoms with van der Waals surface area (Å²) in [7, 11) is -1.46. The van der Waals surface area contributed by atoms with Crippen LogP contribution in [-0.2, 0) is 9.84 Å². The topological polar surface area (TPSA) is 98.4 Å². The van der Waals surface area contributed by atoms with Crippen molar-refractivity contribution in [2.75, 3.05) is 42.3 Å². The Morgan fingerprint density at radius 2 is 2.11 bits per heavy atom. The third-order valence-electron chi connectivity index (χ3n) is 2.87. The number of methoxy groups -OCH3 is 1. The van der Waals surface area contributed by atoms with Crippen LogP contribution in [0.1, 0.15) is 6.42 Å². The zero-order valence-corrected chi connectivity index (χ0v) is 11.0. The van der Waals surface area contributed by atoms with Crippen LogP contribution in [-0.4, -0.2) is 50.1 Å². The predicted molar refractivity (Wildman–Crippen MR) is 68.5 cm³/mol. The van der Waals surface area contributed by atoms with Crippen LogP contribution in [0.2, 0.25) is 0 Å². The molecule has 0 amide bonds. The van der Waals surface area contributed by atoms with Crippen LogP contribution in [0.25, 0.3) is 0 Å². The molecule has 7 nitrogen and oxygen atoms in total. The lowest BCUT2D eigenvalue weighted by molar-refractivity contribution is 0.399. The van der Waals surface area contributed by atoms with E-state index in [4.69, 9.17) is 10.5 Å². The average molecular weight is 272 g/mol. The van der Waals surface area contributed by atoms with Crippen molar-refractivity contribution in [1.29, 1.82) is 0 Å². The first-order chi connectivity index (χ1) is 8.53. The molecule has 18 heavy (non-hydrogen) atoms. The Morgan fingerprint density at radius 3 is 2.83 bits per heavy atom. The highest BCUT2D eigenvalue weighted by Gasteiger charge is 2.22. The first kappa shape index (κ1) is 12.9. The summed E-state index contributed by atoms with van der Waals surface area (Å²) in [5.41, 5.74) is 6.25. The maximum absolute atomic E-state index is 11.5. The van der Waals surface area contributed by atoms with Gasteiger partial charge in [-0.2, -0.15) is 4.98 Å². The van der Waals surface area contributed by atoms with E-state index >= 15 is 0 Å². The number of hydrogen-bond acceptors (Lipinski definition) is 7. The molecule has 1 aliphatic heterocycles. The van der Waals surface area contributed by atoms with Crippen molar-refractivity contribution in [1.82, 2.24) is 9.97 Å². The molecule has 0 aliphatic carbocycles. The minimum Gasteiger partial charge on any atom is -0.479 e. The molecule has 0 bridgehead atoms. The van der Waals surface area contributed by atoms with Gasteiger partial charge in [-0.15, -0.1) is 0 Å². The highest BCUT2D eigenvalue weighted by molar-refractivity contribution is 7.91. The summed E-state index contributed by atoms with van der Waals surface area (Å²) >= 11 is 0. The fourth-order valence-electron chi connectivity index (χ4n) is 1.94. The second kappa shape index (κ2) is 4.97. The Bertz CT molecular complexity index is 532. The molecular formula is C10H16N4O3S. The zero-order valence-electron chi connectivity index (χ0n) is 10.2. The molecule has 2 rings (SSSR count). The van der Waals surface area contributed by atoms with Crippen LogP contribution in [0.5, 0.6) is 5.88 Å². The van der Waals surface area contributed by atoms with Gasteiger partial charge in [0.2, 0.25) is 5.88 Å². The number of ether oxygens (including phenoxy) is 1. The van der Waals surface area contributed by atoms with Crippen LogP contribution in [0, 0.1) is 0 Å². The van der Waals surface area contributed by atoms with E-state index < -0.39 is 9.84 Å². The second-order valence-corrected chi connectivity index (χ2v) is 6.42.